The predicted molar refractivity (Wildman–Crippen MR) is 124 cm³/mol. The summed E-state index contributed by atoms with van der Waals surface area (Å²) in [5.41, 5.74) is 4.88. The highest BCUT2D eigenvalue weighted by molar-refractivity contribution is 6.01. The van der Waals surface area contributed by atoms with Crippen molar-refractivity contribution in [3.05, 3.63) is 94.7 Å². The summed E-state index contributed by atoms with van der Waals surface area (Å²) in [6.45, 7) is 4.12. The lowest BCUT2D eigenvalue weighted by Crippen LogP contribution is -2.26. The van der Waals surface area contributed by atoms with E-state index in [1.807, 2.05) is 56.4 Å². The number of carbonyl (C=O) groups excluding carboxylic acids is 1. The van der Waals surface area contributed by atoms with Crippen LogP contribution in [0, 0.1) is 31.0 Å². The molecule has 0 aliphatic heterocycles. The molecule has 4 rings (SSSR count). The zero-order chi connectivity index (χ0) is 22.7. The molecule has 0 spiro atoms. The van der Waals surface area contributed by atoms with Gasteiger partial charge >= 0.3 is 0 Å². The van der Waals surface area contributed by atoms with E-state index in [0.717, 1.165) is 27.9 Å². The summed E-state index contributed by atoms with van der Waals surface area (Å²) in [5.74, 6) is -0.761. The number of H-pyrrole nitrogens is 1. The maximum absolute atomic E-state index is 14.3. The third-order valence-electron chi connectivity index (χ3n) is 5.58. The van der Waals surface area contributed by atoms with E-state index in [4.69, 9.17) is 0 Å². The third-order valence-corrected chi connectivity index (χ3v) is 5.58. The van der Waals surface area contributed by atoms with Crippen molar-refractivity contribution in [3.8, 4) is 11.8 Å². The van der Waals surface area contributed by atoms with Crippen LogP contribution in [-0.2, 0) is 11.2 Å². The van der Waals surface area contributed by atoms with Gasteiger partial charge in [-0.05, 0) is 61.7 Å². The Morgan fingerprint density at radius 3 is 2.72 bits per heavy atom. The molecule has 0 radical (unpaired) electrons. The molecule has 1 amide bonds. The zero-order valence-electron chi connectivity index (χ0n) is 17.9. The maximum atomic E-state index is 14.3. The number of benzene rings is 2. The summed E-state index contributed by atoms with van der Waals surface area (Å²) in [5, 5.41) is 13.5. The summed E-state index contributed by atoms with van der Waals surface area (Å²) in [6.07, 6.45) is 4.15. The minimum atomic E-state index is -0.428. The zero-order valence-corrected chi connectivity index (χ0v) is 17.9. The molecule has 0 unspecified atom stereocenters. The van der Waals surface area contributed by atoms with E-state index in [9.17, 15) is 14.4 Å². The SMILES string of the molecule is Cc1cc(/C=C(\C#N)C(=O)NCCc2c[nH]c3ccccc23)c(C)n1-c1ccccc1F. The second-order valence-electron chi connectivity index (χ2n) is 7.65. The van der Waals surface area contributed by atoms with Crippen LogP contribution in [0.3, 0.4) is 0 Å². The van der Waals surface area contributed by atoms with Gasteiger partial charge in [-0.25, -0.2) is 4.39 Å². The van der Waals surface area contributed by atoms with E-state index >= 15 is 0 Å². The van der Waals surface area contributed by atoms with E-state index in [2.05, 4.69) is 10.3 Å². The van der Waals surface area contributed by atoms with Crippen molar-refractivity contribution in [1.82, 2.24) is 14.9 Å². The van der Waals surface area contributed by atoms with Crippen LogP contribution in [0.15, 0.2) is 66.4 Å². The number of amides is 1. The fourth-order valence-electron chi connectivity index (χ4n) is 3.99. The number of nitrogens with zero attached hydrogens (tertiary/aromatic N) is 2. The van der Waals surface area contributed by atoms with E-state index in [-0.39, 0.29) is 11.4 Å². The molecule has 2 N–H and O–H groups in total. The number of aromatic nitrogens is 2. The number of carbonyl (C=O) groups is 1. The third kappa shape index (κ3) is 4.06. The number of halogens is 1. The van der Waals surface area contributed by atoms with Gasteiger partial charge in [-0.15, -0.1) is 0 Å². The Morgan fingerprint density at radius 2 is 1.94 bits per heavy atom. The number of hydrogen-bond acceptors (Lipinski definition) is 2. The molecule has 0 bridgehead atoms. The highest BCUT2D eigenvalue weighted by Crippen LogP contribution is 2.24. The largest absolute Gasteiger partial charge is 0.361 e. The molecule has 6 heteroatoms. The molecule has 160 valence electrons. The molecule has 0 aliphatic carbocycles. The standard InChI is InChI=1S/C26H23FN4O/c1-17-13-20(18(2)31(17)25-10-6-4-8-23(25)27)14-21(15-28)26(32)29-12-11-19-16-30-24-9-5-3-7-22(19)24/h3-10,13-14,16,30H,11-12H2,1-2H3,(H,29,32)/b21-14+. The van der Waals surface area contributed by atoms with Gasteiger partial charge in [-0.3, -0.25) is 4.79 Å². The molecule has 4 aromatic rings. The number of rotatable bonds is 6. The molecule has 5 nitrogen and oxygen atoms in total. The minimum absolute atomic E-state index is 0.0118. The monoisotopic (exact) mass is 426 g/mol. The lowest BCUT2D eigenvalue weighted by atomic mass is 10.1. The predicted octanol–water partition coefficient (Wildman–Crippen LogP) is 4.98. The molecular weight excluding hydrogens is 403 g/mol. The molecule has 2 heterocycles. The van der Waals surface area contributed by atoms with Crippen LogP contribution in [0.2, 0.25) is 0 Å². The average molecular weight is 426 g/mol. The van der Waals surface area contributed by atoms with Gasteiger partial charge in [0, 0.05) is 35.0 Å². The molecule has 0 aliphatic rings. The van der Waals surface area contributed by atoms with Crippen LogP contribution in [0.4, 0.5) is 4.39 Å². The Bertz CT molecular complexity index is 1370. The Labute approximate surface area is 185 Å². The van der Waals surface area contributed by atoms with E-state index < -0.39 is 5.91 Å². The van der Waals surface area contributed by atoms with Gasteiger partial charge < -0.3 is 14.9 Å². The summed E-state index contributed by atoms with van der Waals surface area (Å²) >= 11 is 0. The number of aryl methyl sites for hydroxylation is 1. The number of nitrogens with one attached hydrogen (secondary N) is 2. The van der Waals surface area contributed by atoms with Crippen molar-refractivity contribution in [2.45, 2.75) is 20.3 Å². The van der Waals surface area contributed by atoms with Gasteiger partial charge in [0.15, 0.2) is 0 Å². The molecule has 2 aromatic heterocycles. The molecule has 0 atom stereocenters. The fraction of sp³-hybridized carbons (Fsp3) is 0.154. The van der Waals surface area contributed by atoms with Crippen molar-refractivity contribution < 1.29 is 9.18 Å². The maximum Gasteiger partial charge on any atom is 0.261 e. The molecule has 0 saturated heterocycles. The summed E-state index contributed by atoms with van der Waals surface area (Å²) in [6, 6.07) is 18.3. The average Bonchev–Trinajstić information content (AvgIpc) is 3.32. The minimum Gasteiger partial charge on any atom is -0.361 e. The number of para-hydroxylation sites is 2. The van der Waals surface area contributed by atoms with Gasteiger partial charge in [-0.1, -0.05) is 30.3 Å². The van der Waals surface area contributed by atoms with Crippen molar-refractivity contribution in [2.24, 2.45) is 0 Å². The first kappa shape index (κ1) is 21.1. The lowest BCUT2D eigenvalue weighted by Gasteiger charge is -2.10. The van der Waals surface area contributed by atoms with Crippen LogP contribution >= 0.6 is 0 Å². The first-order valence-corrected chi connectivity index (χ1v) is 10.4. The second-order valence-corrected chi connectivity index (χ2v) is 7.65. The van der Waals surface area contributed by atoms with E-state index in [1.165, 1.54) is 6.07 Å². The van der Waals surface area contributed by atoms with Gasteiger partial charge in [0.1, 0.15) is 17.5 Å². The van der Waals surface area contributed by atoms with Crippen LogP contribution in [0.5, 0.6) is 0 Å². The molecular formula is C26H23FN4O. The normalized spacial score (nSPS) is 11.5. The summed E-state index contributed by atoms with van der Waals surface area (Å²) in [4.78, 5) is 15.8. The van der Waals surface area contributed by atoms with Crippen molar-refractivity contribution in [3.63, 3.8) is 0 Å². The second kappa shape index (κ2) is 8.94. The Kier molecular flexibility index (Phi) is 5.91. The Balaban J connectivity index is 1.50. The first-order valence-electron chi connectivity index (χ1n) is 10.4. The van der Waals surface area contributed by atoms with Gasteiger partial charge in [0.25, 0.3) is 5.91 Å². The topological polar surface area (TPSA) is 73.6 Å². The highest BCUT2D eigenvalue weighted by atomic mass is 19.1. The van der Waals surface area contributed by atoms with Crippen LogP contribution < -0.4 is 5.32 Å². The smallest absolute Gasteiger partial charge is 0.261 e. The molecule has 0 saturated carbocycles. The Morgan fingerprint density at radius 1 is 1.19 bits per heavy atom. The molecule has 32 heavy (non-hydrogen) atoms. The summed E-state index contributed by atoms with van der Waals surface area (Å²) in [7, 11) is 0. The number of hydrogen-bond donors (Lipinski definition) is 2. The van der Waals surface area contributed by atoms with Crippen LogP contribution in [0.25, 0.3) is 22.7 Å². The quantitative estimate of drug-likeness (QED) is 0.337. The van der Waals surface area contributed by atoms with Gasteiger partial charge in [-0.2, -0.15) is 5.26 Å². The lowest BCUT2D eigenvalue weighted by molar-refractivity contribution is -0.117. The van der Waals surface area contributed by atoms with Crippen molar-refractivity contribution in [2.75, 3.05) is 6.54 Å². The number of nitriles is 1. The molecule has 0 fully saturated rings. The van der Waals surface area contributed by atoms with Crippen molar-refractivity contribution in [1.29, 1.82) is 5.26 Å². The van der Waals surface area contributed by atoms with Crippen LogP contribution in [0.1, 0.15) is 22.5 Å². The Hall–Kier alpha value is -4.11. The number of fused-ring (bicyclic) bond motifs is 1. The number of aromatic amines is 1. The van der Waals surface area contributed by atoms with E-state index in [1.54, 1.807) is 28.8 Å². The summed E-state index contributed by atoms with van der Waals surface area (Å²) < 4.78 is 16.1. The van der Waals surface area contributed by atoms with Crippen molar-refractivity contribution >= 4 is 22.9 Å². The van der Waals surface area contributed by atoms with Gasteiger partial charge in [0.2, 0.25) is 0 Å². The van der Waals surface area contributed by atoms with Crippen LogP contribution in [-0.4, -0.2) is 22.0 Å². The van der Waals surface area contributed by atoms with Gasteiger partial charge in [0.05, 0.1) is 5.69 Å². The highest BCUT2D eigenvalue weighted by Gasteiger charge is 2.15. The first-order chi connectivity index (χ1) is 15.5. The molecule has 2 aromatic carbocycles. The fourth-order valence-corrected chi connectivity index (χ4v) is 3.99. The van der Waals surface area contributed by atoms with E-state index in [0.29, 0.717) is 24.2 Å².